The normalized spacial score (nSPS) is 10.6. The Morgan fingerprint density at radius 1 is 1.69 bits per heavy atom. The van der Waals surface area contributed by atoms with Gasteiger partial charge >= 0.3 is 5.97 Å². The summed E-state index contributed by atoms with van der Waals surface area (Å²) in [6.07, 6.45) is 6.67. The topological polar surface area (TPSA) is 62.2 Å². The number of carboxylic acid groups (broad SMARTS) is 1. The molecule has 0 aromatic carbocycles. The lowest BCUT2D eigenvalue weighted by atomic mass is 10.1. The Hall–Kier alpha value is -1.73. The molecule has 1 rings (SSSR count). The van der Waals surface area contributed by atoms with Gasteiger partial charge in [-0.1, -0.05) is 17.5 Å². The van der Waals surface area contributed by atoms with Crippen molar-refractivity contribution in [3.05, 3.63) is 22.8 Å². The first-order valence-corrected chi connectivity index (χ1v) is 4.89. The van der Waals surface area contributed by atoms with Crippen LogP contribution < -0.4 is 5.32 Å². The van der Waals surface area contributed by atoms with Gasteiger partial charge in [-0.05, 0) is 19.9 Å². The highest BCUT2D eigenvalue weighted by Gasteiger charge is 2.19. The number of terminal acetylenes is 1. The van der Waals surface area contributed by atoms with Crippen LogP contribution in [0.2, 0.25) is 5.02 Å². The van der Waals surface area contributed by atoms with Crippen molar-refractivity contribution < 1.29 is 9.90 Å². The van der Waals surface area contributed by atoms with Crippen molar-refractivity contribution in [2.75, 3.05) is 5.32 Å². The number of carboxylic acids is 1. The maximum Gasteiger partial charge on any atom is 0.337 e. The summed E-state index contributed by atoms with van der Waals surface area (Å²) in [5.41, 5.74) is -0.652. The molecule has 0 atom stereocenters. The standard InChI is InChI=1S/C11H11ClN2O2/c1-4-11(2,3)14-9-8(12)7(10(15)16)5-6-13-9/h1,5-6H,2-3H3,(H,13,14)(H,15,16). The van der Waals surface area contributed by atoms with E-state index in [0.29, 0.717) is 0 Å². The third kappa shape index (κ3) is 2.65. The zero-order valence-electron chi connectivity index (χ0n) is 8.91. The van der Waals surface area contributed by atoms with Gasteiger partial charge in [0, 0.05) is 6.20 Å². The molecule has 0 saturated carbocycles. The molecule has 0 bridgehead atoms. The van der Waals surface area contributed by atoms with E-state index >= 15 is 0 Å². The first-order valence-electron chi connectivity index (χ1n) is 4.51. The highest BCUT2D eigenvalue weighted by atomic mass is 35.5. The number of hydrogen-bond donors (Lipinski definition) is 2. The molecule has 0 amide bonds. The molecule has 0 spiro atoms. The third-order valence-electron chi connectivity index (χ3n) is 1.91. The Labute approximate surface area is 98.6 Å². The van der Waals surface area contributed by atoms with Crippen molar-refractivity contribution in [1.82, 2.24) is 4.98 Å². The lowest BCUT2D eigenvalue weighted by Crippen LogP contribution is -2.29. The van der Waals surface area contributed by atoms with E-state index in [-0.39, 0.29) is 16.4 Å². The first-order chi connectivity index (χ1) is 7.37. The molecule has 1 aromatic rings. The van der Waals surface area contributed by atoms with Gasteiger partial charge < -0.3 is 10.4 Å². The quantitative estimate of drug-likeness (QED) is 0.793. The molecule has 1 aromatic heterocycles. The lowest BCUT2D eigenvalue weighted by molar-refractivity contribution is 0.0697. The number of anilines is 1. The minimum atomic E-state index is -1.10. The van der Waals surface area contributed by atoms with Crippen LogP contribution in [0, 0.1) is 12.3 Å². The molecule has 0 unspecified atom stereocenters. The summed E-state index contributed by atoms with van der Waals surface area (Å²) in [4.78, 5) is 14.8. The van der Waals surface area contributed by atoms with Crippen LogP contribution in [0.3, 0.4) is 0 Å². The SMILES string of the molecule is C#CC(C)(C)Nc1nccc(C(=O)O)c1Cl. The van der Waals surface area contributed by atoms with Crippen LogP contribution in [0.4, 0.5) is 5.82 Å². The maximum atomic E-state index is 10.8. The van der Waals surface area contributed by atoms with Crippen LogP contribution >= 0.6 is 11.6 Å². The Morgan fingerprint density at radius 3 is 2.81 bits per heavy atom. The zero-order chi connectivity index (χ0) is 12.3. The number of nitrogens with one attached hydrogen (secondary N) is 1. The first kappa shape index (κ1) is 12.3. The minimum absolute atomic E-state index is 0.00742. The highest BCUT2D eigenvalue weighted by Crippen LogP contribution is 2.25. The summed E-state index contributed by atoms with van der Waals surface area (Å²) in [6, 6.07) is 1.33. The smallest absolute Gasteiger partial charge is 0.337 e. The fraction of sp³-hybridized carbons (Fsp3) is 0.273. The average Bonchev–Trinajstić information content (AvgIpc) is 2.20. The van der Waals surface area contributed by atoms with E-state index in [1.807, 2.05) is 0 Å². The minimum Gasteiger partial charge on any atom is -0.478 e. The van der Waals surface area contributed by atoms with Crippen molar-refractivity contribution in [3.8, 4) is 12.3 Å². The molecular weight excluding hydrogens is 228 g/mol. The van der Waals surface area contributed by atoms with Crippen LogP contribution in [-0.4, -0.2) is 21.6 Å². The van der Waals surface area contributed by atoms with Gasteiger partial charge in [-0.2, -0.15) is 0 Å². The Balaban J connectivity index is 3.13. The Morgan fingerprint density at radius 2 is 2.31 bits per heavy atom. The van der Waals surface area contributed by atoms with Gasteiger partial charge in [-0.25, -0.2) is 9.78 Å². The summed E-state index contributed by atoms with van der Waals surface area (Å²) < 4.78 is 0. The average molecular weight is 239 g/mol. The number of carbonyl (C=O) groups is 1. The van der Waals surface area contributed by atoms with Crippen molar-refractivity contribution in [1.29, 1.82) is 0 Å². The van der Waals surface area contributed by atoms with E-state index < -0.39 is 11.5 Å². The molecule has 4 nitrogen and oxygen atoms in total. The molecule has 0 fully saturated rings. The number of aromatic carboxylic acids is 1. The largest absolute Gasteiger partial charge is 0.478 e. The second kappa shape index (κ2) is 4.42. The van der Waals surface area contributed by atoms with Gasteiger partial charge in [0.25, 0.3) is 0 Å². The summed E-state index contributed by atoms with van der Waals surface area (Å²) in [5, 5.41) is 11.8. The second-order valence-electron chi connectivity index (χ2n) is 3.72. The van der Waals surface area contributed by atoms with Crippen molar-refractivity contribution in [2.45, 2.75) is 19.4 Å². The van der Waals surface area contributed by atoms with Crippen LogP contribution in [0.1, 0.15) is 24.2 Å². The van der Waals surface area contributed by atoms with Gasteiger partial charge in [0.15, 0.2) is 0 Å². The molecule has 0 aliphatic rings. The second-order valence-corrected chi connectivity index (χ2v) is 4.10. The van der Waals surface area contributed by atoms with Gasteiger partial charge in [0.1, 0.15) is 5.82 Å². The van der Waals surface area contributed by atoms with E-state index in [1.54, 1.807) is 13.8 Å². The van der Waals surface area contributed by atoms with Gasteiger partial charge in [0.05, 0.1) is 16.1 Å². The Kier molecular flexibility index (Phi) is 3.41. The molecule has 16 heavy (non-hydrogen) atoms. The summed E-state index contributed by atoms with van der Waals surface area (Å²) in [5.74, 6) is 1.67. The predicted molar refractivity (Wildman–Crippen MR) is 62.7 cm³/mol. The van der Waals surface area contributed by atoms with Crippen LogP contribution in [0.25, 0.3) is 0 Å². The third-order valence-corrected chi connectivity index (χ3v) is 2.29. The van der Waals surface area contributed by atoms with Gasteiger partial charge in [-0.15, -0.1) is 6.42 Å². The van der Waals surface area contributed by atoms with Gasteiger partial charge in [0.2, 0.25) is 0 Å². The Bertz CT molecular complexity index is 464. The molecule has 1 heterocycles. The molecule has 2 N–H and O–H groups in total. The van der Waals surface area contributed by atoms with Crippen molar-refractivity contribution in [2.24, 2.45) is 0 Å². The fourth-order valence-electron chi connectivity index (χ4n) is 1.03. The van der Waals surface area contributed by atoms with E-state index in [2.05, 4.69) is 16.2 Å². The van der Waals surface area contributed by atoms with Crippen LogP contribution in [0.15, 0.2) is 12.3 Å². The van der Waals surface area contributed by atoms with E-state index in [9.17, 15) is 4.79 Å². The van der Waals surface area contributed by atoms with Crippen molar-refractivity contribution in [3.63, 3.8) is 0 Å². The molecule has 0 saturated heterocycles. The molecular formula is C11H11ClN2O2. The summed E-state index contributed by atoms with van der Waals surface area (Å²) in [7, 11) is 0. The lowest BCUT2D eigenvalue weighted by Gasteiger charge is -2.21. The number of rotatable bonds is 3. The zero-order valence-corrected chi connectivity index (χ0v) is 9.67. The molecule has 84 valence electrons. The fourth-order valence-corrected chi connectivity index (χ4v) is 1.27. The summed E-state index contributed by atoms with van der Waals surface area (Å²) >= 11 is 5.89. The number of nitrogens with zero attached hydrogens (tertiary/aromatic N) is 1. The van der Waals surface area contributed by atoms with Crippen LogP contribution in [0.5, 0.6) is 0 Å². The number of halogens is 1. The predicted octanol–water partition coefficient (Wildman–Crippen LogP) is 2.26. The van der Waals surface area contributed by atoms with E-state index in [1.165, 1.54) is 12.3 Å². The monoisotopic (exact) mass is 238 g/mol. The number of aromatic nitrogens is 1. The highest BCUT2D eigenvalue weighted by molar-refractivity contribution is 6.35. The molecule has 0 radical (unpaired) electrons. The summed E-state index contributed by atoms with van der Waals surface area (Å²) in [6.45, 7) is 3.52. The molecule has 0 aliphatic heterocycles. The van der Waals surface area contributed by atoms with Crippen LogP contribution in [-0.2, 0) is 0 Å². The van der Waals surface area contributed by atoms with E-state index in [0.717, 1.165) is 0 Å². The number of pyridine rings is 1. The number of hydrogen-bond acceptors (Lipinski definition) is 3. The molecule has 0 aliphatic carbocycles. The van der Waals surface area contributed by atoms with Gasteiger partial charge in [-0.3, -0.25) is 0 Å². The van der Waals surface area contributed by atoms with E-state index in [4.69, 9.17) is 23.1 Å². The maximum absolute atomic E-state index is 10.8. The molecule has 5 heteroatoms. The van der Waals surface area contributed by atoms with Crippen molar-refractivity contribution >= 4 is 23.4 Å².